The lowest BCUT2D eigenvalue weighted by Gasteiger charge is -2.07. The number of carbonyl (C=O) groups is 2. The molecule has 1 saturated carbocycles. The zero-order valence-corrected chi connectivity index (χ0v) is 12.2. The highest BCUT2D eigenvalue weighted by atomic mass is 32.2. The first-order chi connectivity index (χ1) is 9.37. The molecule has 2 rings (SSSR count). The highest BCUT2D eigenvalue weighted by molar-refractivity contribution is 7.92. The van der Waals surface area contributed by atoms with E-state index in [0.29, 0.717) is 6.29 Å². The van der Waals surface area contributed by atoms with Crippen LogP contribution in [0.4, 0.5) is 5.69 Å². The quantitative estimate of drug-likeness (QED) is 0.676. The van der Waals surface area contributed by atoms with Crippen molar-refractivity contribution in [3.05, 3.63) is 29.3 Å². The summed E-state index contributed by atoms with van der Waals surface area (Å²) in [4.78, 5) is 22.0. The van der Waals surface area contributed by atoms with Crippen LogP contribution in [0, 0.1) is 0 Å². The number of ether oxygens (including phenoxy) is 1. The van der Waals surface area contributed by atoms with Crippen LogP contribution in [0.3, 0.4) is 0 Å². The summed E-state index contributed by atoms with van der Waals surface area (Å²) in [7, 11) is -2.26. The van der Waals surface area contributed by atoms with Gasteiger partial charge in [-0.3, -0.25) is 9.52 Å². The fourth-order valence-corrected chi connectivity index (χ4v) is 1.78. The Morgan fingerprint density at radius 1 is 1.30 bits per heavy atom. The molecular weight excluding hydrogens is 282 g/mol. The van der Waals surface area contributed by atoms with Crippen molar-refractivity contribution in [1.82, 2.24) is 0 Å². The maximum atomic E-state index is 11.2. The van der Waals surface area contributed by atoms with Crippen molar-refractivity contribution in [2.75, 3.05) is 18.1 Å². The highest BCUT2D eigenvalue weighted by Gasteiger charge is 2.11. The molecule has 1 aliphatic carbocycles. The molecule has 1 fully saturated rings. The van der Waals surface area contributed by atoms with E-state index >= 15 is 0 Å². The SMILES string of the molecule is C1CC1.COC(=O)c1ccc(NS(C)(=O)=O)c(C=O)c1. The van der Waals surface area contributed by atoms with Crippen molar-refractivity contribution in [2.24, 2.45) is 0 Å². The molecule has 110 valence electrons. The Bertz CT molecular complexity index is 590. The van der Waals surface area contributed by atoms with Gasteiger partial charge in [0, 0.05) is 5.56 Å². The molecule has 20 heavy (non-hydrogen) atoms. The third-order valence-corrected chi connectivity index (χ3v) is 2.84. The van der Waals surface area contributed by atoms with E-state index in [9.17, 15) is 18.0 Å². The number of methoxy groups -OCH3 is 1. The first-order valence-corrected chi connectivity index (χ1v) is 7.92. The van der Waals surface area contributed by atoms with Crippen LogP contribution in [0.15, 0.2) is 18.2 Å². The van der Waals surface area contributed by atoms with Crippen LogP contribution in [-0.4, -0.2) is 34.0 Å². The van der Waals surface area contributed by atoms with Gasteiger partial charge in [0.2, 0.25) is 10.0 Å². The number of esters is 1. The van der Waals surface area contributed by atoms with Gasteiger partial charge in [0.15, 0.2) is 6.29 Å². The van der Waals surface area contributed by atoms with Crippen LogP contribution < -0.4 is 4.72 Å². The summed E-state index contributed by atoms with van der Waals surface area (Å²) in [5.74, 6) is -0.598. The molecule has 6 nitrogen and oxygen atoms in total. The van der Waals surface area contributed by atoms with E-state index in [1.54, 1.807) is 0 Å². The molecule has 0 saturated heterocycles. The van der Waals surface area contributed by atoms with E-state index in [-0.39, 0.29) is 16.8 Å². The zero-order valence-electron chi connectivity index (χ0n) is 11.4. The Morgan fingerprint density at radius 3 is 2.30 bits per heavy atom. The number of hydrogen-bond acceptors (Lipinski definition) is 5. The molecule has 0 bridgehead atoms. The Morgan fingerprint density at radius 2 is 1.90 bits per heavy atom. The maximum absolute atomic E-state index is 11.2. The van der Waals surface area contributed by atoms with Crippen molar-refractivity contribution < 1.29 is 22.7 Å². The van der Waals surface area contributed by atoms with Gasteiger partial charge in [-0.2, -0.15) is 0 Å². The summed E-state index contributed by atoms with van der Waals surface area (Å²) in [5.41, 5.74) is 0.363. The van der Waals surface area contributed by atoms with Gasteiger partial charge in [0.05, 0.1) is 24.6 Å². The summed E-state index contributed by atoms with van der Waals surface area (Å²) < 4.78 is 28.7. The van der Waals surface area contributed by atoms with E-state index < -0.39 is 16.0 Å². The Labute approximate surface area is 118 Å². The monoisotopic (exact) mass is 299 g/mol. The van der Waals surface area contributed by atoms with Crippen molar-refractivity contribution in [2.45, 2.75) is 19.3 Å². The predicted molar refractivity (Wildman–Crippen MR) is 75.5 cm³/mol. The van der Waals surface area contributed by atoms with Crippen molar-refractivity contribution in [3.8, 4) is 0 Å². The lowest BCUT2D eigenvalue weighted by Crippen LogP contribution is -2.12. The van der Waals surface area contributed by atoms with E-state index in [2.05, 4.69) is 9.46 Å². The van der Waals surface area contributed by atoms with Crippen LogP contribution in [0.25, 0.3) is 0 Å². The number of sulfonamides is 1. The third-order valence-electron chi connectivity index (χ3n) is 2.25. The minimum atomic E-state index is -3.47. The topological polar surface area (TPSA) is 89.5 Å². The molecule has 1 aromatic carbocycles. The second kappa shape index (κ2) is 7.04. The summed E-state index contributed by atoms with van der Waals surface area (Å²) in [5, 5.41) is 0. The molecule has 7 heteroatoms. The van der Waals surface area contributed by atoms with E-state index in [1.807, 2.05) is 0 Å². The second-order valence-corrected chi connectivity index (χ2v) is 6.09. The molecule has 0 unspecified atom stereocenters. The summed E-state index contributed by atoms with van der Waals surface area (Å²) >= 11 is 0. The zero-order chi connectivity index (χ0) is 15.2. The molecular formula is C13H17NO5S. The van der Waals surface area contributed by atoms with E-state index in [0.717, 1.165) is 6.26 Å². The second-order valence-electron chi connectivity index (χ2n) is 4.35. The van der Waals surface area contributed by atoms with Gasteiger partial charge in [-0.25, -0.2) is 13.2 Å². The number of carbonyl (C=O) groups excluding carboxylic acids is 2. The predicted octanol–water partition coefficient (Wildman–Crippen LogP) is 1.83. The Balaban J connectivity index is 0.000000584. The lowest BCUT2D eigenvalue weighted by atomic mass is 10.1. The fourth-order valence-electron chi connectivity index (χ4n) is 1.20. The Kier molecular flexibility index (Phi) is 5.69. The van der Waals surface area contributed by atoms with Gasteiger partial charge < -0.3 is 4.74 Å². The standard InChI is InChI=1S/C10H11NO5S.C3H6/c1-16-10(13)7-3-4-9(8(5-7)6-12)11-17(2,14)15;1-2-3-1/h3-6,11H,1-2H3;1-3H2. The minimum absolute atomic E-state index is 0.0679. The van der Waals surface area contributed by atoms with Gasteiger partial charge in [-0.1, -0.05) is 19.3 Å². The average molecular weight is 299 g/mol. The largest absolute Gasteiger partial charge is 0.465 e. The smallest absolute Gasteiger partial charge is 0.337 e. The van der Waals surface area contributed by atoms with Gasteiger partial charge >= 0.3 is 5.97 Å². The molecule has 0 aromatic heterocycles. The summed E-state index contributed by atoms with van der Waals surface area (Å²) in [6.07, 6.45) is 5.93. The van der Waals surface area contributed by atoms with Gasteiger partial charge in [-0.15, -0.1) is 0 Å². The molecule has 0 spiro atoms. The van der Waals surface area contributed by atoms with Crippen LogP contribution in [-0.2, 0) is 14.8 Å². The molecule has 0 amide bonds. The van der Waals surface area contributed by atoms with E-state index in [1.165, 1.54) is 44.6 Å². The number of anilines is 1. The molecule has 0 heterocycles. The number of benzene rings is 1. The Hall–Kier alpha value is -1.89. The van der Waals surface area contributed by atoms with Crippen LogP contribution in [0.1, 0.15) is 40.0 Å². The summed E-state index contributed by atoms with van der Waals surface area (Å²) in [6, 6.07) is 3.95. The maximum Gasteiger partial charge on any atom is 0.337 e. The lowest BCUT2D eigenvalue weighted by molar-refractivity contribution is 0.0600. The molecule has 0 radical (unpaired) electrons. The number of aldehydes is 1. The number of rotatable bonds is 4. The van der Waals surface area contributed by atoms with Gasteiger partial charge in [0.1, 0.15) is 0 Å². The van der Waals surface area contributed by atoms with Crippen molar-refractivity contribution in [3.63, 3.8) is 0 Å². The molecule has 1 aromatic rings. The third kappa shape index (κ3) is 5.83. The van der Waals surface area contributed by atoms with Crippen LogP contribution >= 0.6 is 0 Å². The molecule has 1 aliphatic rings. The number of hydrogen-bond donors (Lipinski definition) is 1. The average Bonchev–Trinajstić information content (AvgIpc) is 3.24. The van der Waals surface area contributed by atoms with Crippen molar-refractivity contribution >= 4 is 28.0 Å². The van der Waals surface area contributed by atoms with Gasteiger partial charge in [0.25, 0.3) is 0 Å². The highest BCUT2D eigenvalue weighted by Crippen LogP contribution is 2.17. The van der Waals surface area contributed by atoms with E-state index in [4.69, 9.17) is 0 Å². The first kappa shape index (κ1) is 16.2. The molecule has 0 aliphatic heterocycles. The molecule has 0 atom stereocenters. The van der Waals surface area contributed by atoms with Crippen LogP contribution in [0.2, 0.25) is 0 Å². The molecule has 1 N–H and O–H groups in total. The number of nitrogens with one attached hydrogen (secondary N) is 1. The normalized spacial score (nSPS) is 12.7. The van der Waals surface area contributed by atoms with Crippen LogP contribution in [0.5, 0.6) is 0 Å². The fraction of sp³-hybridized carbons (Fsp3) is 0.385. The first-order valence-electron chi connectivity index (χ1n) is 6.02. The minimum Gasteiger partial charge on any atom is -0.465 e. The van der Waals surface area contributed by atoms with Crippen molar-refractivity contribution in [1.29, 1.82) is 0 Å². The summed E-state index contributed by atoms with van der Waals surface area (Å²) in [6.45, 7) is 0. The van der Waals surface area contributed by atoms with Gasteiger partial charge in [-0.05, 0) is 18.2 Å².